The molecule has 1 aromatic carbocycles. The summed E-state index contributed by atoms with van der Waals surface area (Å²) in [5.41, 5.74) is 6.65. The molecular weight excluding hydrogens is 240 g/mol. The molecule has 1 amide bonds. The molecule has 0 fully saturated rings. The summed E-state index contributed by atoms with van der Waals surface area (Å²) < 4.78 is 0. The molecule has 104 valence electrons. The Balaban J connectivity index is 2.65. The second-order valence-corrected chi connectivity index (χ2v) is 4.19. The largest absolute Gasteiger partial charge is 0.370 e. The fourth-order valence-corrected chi connectivity index (χ4v) is 1.76. The number of nitrogens with two attached hydrogens (primary N) is 1. The van der Waals surface area contributed by atoms with E-state index in [0.29, 0.717) is 13.1 Å². The second kappa shape index (κ2) is 7.41. The third kappa shape index (κ3) is 4.62. The maximum absolute atomic E-state index is 12.0. The van der Waals surface area contributed by atoms with Gasteiger partial charge in [0.15, 0.2) is 5.96 Å². The Bertz CT molecular complexity index is 426. The van der Waals surface area contributed by atoms with Crippen LogP contribution in [0.1, 0.15) is 20.8 Å². The minimum Gasteiger partial charge on any atom is -0.370 e. The van der Waals surface area contributed by atoms with Gasteiger partial charge in [-0.3, -0.25) is 4.79 Å². The fraction of sp³-hybridized carbons (Fsp3) is 0.429. The quantitative estimate of drug-likeness (QED) is 0.626. The van der Waals surface area contributed by atoms with Gasteiger partial charge in [-0.1, -0.05) is 18.2 Å². The van der Waals surface area contributed by atoms with Crippen molar-refractivity contribution in [3.63, 3.8) is 0 Å². The number of aliphatic imine (C=N–C) groups is 1. The van der Waals surface area contributed by atoms with Gasteiger partial charge in [0.05, 0.1) is 0 Å². The zero-order chi connectivity index (χ0) is 14.3. The van der Waals surface area contributed by atoms with Crippen molar-refractivity contribution in [2.24, 2.45) is 10.7 Å². The van der Waals surface area contributed by atoms with Crippen molar-refractivity contribution < 1.29 is 4.79 Å². The number of hydrogen-bond donors (Lipinski definition) is 2. The van der Waals surface area contributed by atoms with Crippen LogP contribution in [-0.4, -0.2) is 35.9 Å². The van der Waals surface area contributed by atoms with E-state index in [1.165, 1.54) is 0 Å². The molecule has 5 nitrogen and oxygen atoms in total. The summed E-state index contributed by atoms with van der Waals surface area (Å²) in [6, 6.07) is 9.03. The maximum Gasteiger partial charge on any atom is 0.247 e. The number of amides is 1. The van der Waals surface area contributed by atoms with Crippen LogP contribution in [0.25, 0.3) is 0 Å². The number of carbonyl (C=O) groups is 1. The molecule has 0 aliphatic rings. The minimum atomic E-state index is -0.476. The molecule has 0 radical (unpaired) electrons. The predicted molar refractivity (Wildman–Crippen MR) is 79.1 cm³/mol. The monoisotopic (exact) mass is 262 g/mol. The van der Waals surface area contributed by atoms with E-state index in [0.717, 1.165) is 5.69 Å². The van der Waals surface area contributed by atoms with Crippen molar-refractivity contribution in [1.29, 1.82) is 0 Å². The van der Waals surface area contributed by atoms with Crippen LogP contribution in [0.15, 0.2) is 35.3 Å². The van der Waals surface area contributed by atoms with Gasteiger partial charge in [-0.25, -0.2) is 4.99 Å². The lowest BCUT2D eigenvalue weighted by Crippen LogP contribution is -2.38. The van der Waals surface area contributed by atoms with Crippen LogP contribution < -0.4 is 11.1 Å². The zero-order valence-corrected chi connectivity index (χ0v) is 11.8. The topological polar surface area (TPSA) is 70.7 Å². The summed E-state index contributed by atoms with van der Waals surface area (Å²) in [5.74, 6) is 0.238. The van der Waals surface area contributed by atoms with Crippen molar-refractivity contribution in [2.45, 2.75) is 26.8 Å². The Morgan fingerprint density at radius 2 is 1.89 bits per heavy atom. The highest BCUT2D eigenvalue weighted by Crippen LogP contribution is 2.05. The lowest BCUT2D eigenvalue weighted by Gasteiger charge is -2.21. The van der Waals surface area contributed by atoms with Crippen LogP contribution in [0, 0.1) is 0 Å². The standard InChI is InChI=1S/C14H22N4O/c1-4-18(5-2)13(19)11(3)16-14(15)17-12-9-7-6-8-10-12/h6-11H,4-5H2,1-3H3,(H3,15,16,17). The van der Waals surface area contributed by atoms with Crippen LogP contribution in [0.2, 0.25) is 0 Å². The molecule has 0 saturated carbocycles. The van der Waals surface area contributed by atoms with Gasteiger partial charge in [0.1, 0.15) is 6.04 Å². The van der Waals surface area contributed by atoms with Gasteiger partial charge in [-0.05, 0) is 32.9 Å². The normalized spacial score (nSPS) is 12.9. The van der Waals surface area contributed by atoms with Crippen molar-refractivity contribution in [3.05, 3.63) is 30.3 Å². The number of hydrogen-bond acceptors (Lipinski definition) is 2. The summed E-state index contributed by atoms with van der Waals surface area (Å²) in [6.45, 7) is 7.01. The van der Waals surface area contributed by atoms with Crippen molar-refractivity contribution >= 4 is 17.6 Å². The van der Waals surface area contributed by atoms with Crippen LogP contribution in [0.3, 0.4) is 0 Å². The van der Waals surface area contributed by atoms with Crippen LogP contribution >= 0.6 is 0 Å². The average Bonchev–Trinajstić information content (AvgIpc) is 2.40. The smallest absolute Gasteiger partial charge is 0.247 e. The number of anilines is 1. The SMILES string of the molecule is CCN(CC)C(=O)C(C)N=C(N)Nc1ccccc1. The second-order valence-electron chi connectivity index (χ2n) is 4.19. The first-order chi connectivity index (χ1) is 9.08. The summed E-state index contributed by atoms with van der Waals surface area (Å²) in [4.78, 5) is 17.9. The molecule has 0 spiro atoms. The number of para-hydroxylation sites is 1. The number of guanidine groups is 1. The molecule has 3 N–H and O–H groups in total. The van der Waals surface area contributed by atoms with Gasteiger partial charge < -0.3 is 16.0 Å². The van der Waals surface area contributed by atoms with E-state index in [2.05, 4.69) is 10.3 Å². The van der Waals surface area contributed by atoms with Crippen molar-refractivity contribution in [1.82, 2.24) is 4.90 Å². The molecule has 0 bridgehead atoms. The van der Waals surface area contributed by atoms with Crippen molar-refractivity contribution in [3.8, 4) is 0 Å². The number of nitrogens with one attached hydrogen (secondary N) is 1. The molecular formula is C14H22N4O. The van der Waals surface area contributed by atoms with Crippen LogP contribution in [0.4, 0.5) is 5.69 Å². The number of likely N-dealkylation sites (N-methyl/N-ethyl adjacent to an activating group) is 1. The van der Waals surface area contributed by atoms with Gasteiger partial charge in [-0.2, -0.15) is 0 Å². The summed E-state index contributed by atoms with van der Waals surface area (Å²) >= 11 is 0. The average molecular weight is 262 g/mol. The van der Waals surface area contributed by atoms with E-state index in [-0.39, 0.29) is 11.9 Å². The maximum atomic E-state index is 12.0. The lowest BCUT2D eigenvalue weighted by atomic mass is 10.3. The molecule has 1 rings (SSSR count). The molecule has 0 aromatic heterocycles. The lowest BCUT2D eigenvalue weighted by molar-refractivity contribution is -0.131. The Labute approximate surface area is 114 Å². The first-order valence-electron chi connectivity index (χ1n) is 6.52. The van der Waals surface area contributed by atoms with Gasteiger partial charge in [0.25, 0.3) is 0 Å². The molecule has 5 heteroatoms. The first kappa shape index (κ1) is 15.0. The molecule has 1 aromatic rings. The number of benzene rings is 1. The zero-order valence-electron chi connectivity index (χ0n) is 11.8. The van der Waals surface area contributed by atoms with E-state index in [1.54, 1.807) is 11.8 Å². The van der Waals surface area contributed by atoms with Crippen LogP contribution in [-0.2, 0) is 4.79 Å². The summed E-state index contributed by atoms with van der Waals surface area (Å²) in [5, 5.41) is 2.96. The summed E-state index contributed by atoms with van der Waals surface area (Å²) in [7, 11) is 0. The Morgan fingerprint density at radius 3 is 2.42 bits per heavy atom. The minimum absolute atomic E-state index is 0.0113. The number of rotatable bonds is 5. The van der Waals surface area contributed by atoms with Gasteiger partial charge in [-0.15, -0.1) is 0 Å². The Morgan fingerprint density at radius 1 is 1.32 bits per heavy atom. The molecule has 0 saturated heterocycles. The molecule has 0 aliphatic carbocycles. The highest BCUT2D eigenvalue weighted by molar-refractivity contribution is 5.94. The molecule has 1 atom stereocenters. The third-order valence-electron chi connectivity index (χ3n) is 2.81. The van der Waals surface area contributed by atoms with E-state index in [4.69, 9.17) is 5.73 Å². The van der Waals surface area contributed by atoms with E-state index >= 15 is 0 Å². The Hall–Kier alpha value is -2.04. The Kier molecular flexibility index (Phi) is 5.85. The van der Waals surface area contributed by atoms with E-state index < -0.39 is 6.04 Å². The van der Waals surface area contributed by atoms with Gasteiger partial charge >= 0.3 is 0 Å². The van der Waals surface area contributed by atoms with E-state index in [9.17, 15) is 4.79 Å². The number of carbonyl (C=O) groups excluding carboxylic acids is 1. The fourth-order valence-electron chi connectivity index (χ4n) is 1.76. The van der Waals surface area contributed by atoms with Gasteiger partial charge in [0.2, 0.25) is 5.91 Å². The van der Waals surface area contributed by atoms with Crippen molar-refractivity contribution in [2.75, 3.05) is 18.4 Å². The molecule has 0 heterocycles. The molecule has 0 aliphatic heterocycles. The van der Waals surface area contributed by atoms with Gasteiger partial charge in [0, 0.05) is 18.8 Å². The first-order valence-corrected chi connectivity index (χ1v) is 6.52. The highest BCUT2D eigenvalue weighted by Gasteiger charge is 2.17. The van der Waals surface area contributed by atoms with Crippen LogP contribution in [0.5, 0.6) is 0 Å². The number of nitrogens with zero attached hydrogens (tertiary/aromatic N) is 2. The highest BCUT2D eigenvalue weighted by atomic mass is 16.2. The molecule has 19 heavy (non-hydrogen) atoms. The van der Waals surface area contributed by atoms with E-state index in [1.807, 2.05) is 44.2 Å². The third-order valence-corrected chi connectivity index (χ3v) is 2.81. The molecule has 1 unspecified atom stereocenters. The predicted octanol–water partition coefficient (Wildman–Crippen LogP) is 1.67. The summed E-state index contributed by atoms with van der Waals surface area (Å²) in [6.07, 6.45) is 0.